The minimum Gasteiger partial charge on any atom is -0.333 e. The van der Waals surface area contributed by atoms with Gasteiger partial charge in [-0.15, -0.1) is 0 Å². The number of rotatable bonds is 4. The average Bonchev–Trinajstić information content (AvgIpc) is 3.62. The third-order valence-electron chi connectivity index (χ3n) is 10.8. The summed E-state index contributed by atoms with van der Waals surface area (Å²) >= 11 is 0. The molecule has 0 aliphatic heterocycles. The van der Waals surface area contributed by atoms with Crippen molar-refractivity contribution in [1.29, 1.82) is 0 Å². The van der Waals surface area contributed by atoms with Crippen molar-refractivity contribution in [1.82, 2.24) is 24.1 Å². The first-order chi connectivity index (χ1) is 23.8. The Morgan fingerprint density at radius 3 is 1.79 bits per heavy atom. The Kier molecular flexibility index (Phi) is 5.39. The van der Waals surface area contributed by atoms with Crippen molar-refractivity contribution in [3.8, 4) is 28.7 Å². The first kappa shape index (κ1) is 26.3. The highest BCUT2D eigenvalue weighted by atomic mass is 15.2. The molecule has 5 aromatic carbocycles. The maximum absolute atomic E-state index is 5.28. The largest absolute Gasteiger partial charge is 0.333 e. The summed E-state index contributed by atoms with van der Waals surface area (Å²) in [6, 6.07) is 35.3. The van der Waals surface area contributed by atoms with Gasteiger partial charge in [-0.3, -0.25) is 4.57 Å². The second-order valence-electron chi connectivity index (χ2n) is 13.5. The highest BCUT2D eigenvalue weighted by Crippen LogP contribution is 2.45. The van der Waals surface area contributed by atoms with E-state index in [2.05, 4.69) is 94.1 Å². The highest BCUT2D eigenvalue weighted by molar-refractivity contribution is 6.26. The van der Waals surface area contributed by atoms with Crippen LogP contribution in [0.4, 0.5) is 0 Å². The predicted octanol–water partition coefficient (Wildman–Crippen LogP) is 9.66. The lowest BCUT2D eigenvalue weighted by Gasteiger charge is -2.22. The van der Waals surface area contributed by atoms with E-state index in [4.69, 9.17) is 15.0 Å². The van der Waals surface area contributed by atoms with Crippen LogP contribution in [0.1, 0.15) is 34.7 Å². The van der Waals surface area contributed by atoms with Crippen LogP contribution in [-0.4, -0.2) is 24.1 Å². The summed E-state index contributed by atoms with van der Waals surface area (Å²) in [5.41, 5.74) is 12.7. The zero-order chi connectivity index (χ0) is 31.3. The van der Waals surface area contributed by atoms with E-state index in [0.29, 0.717) is 17.6 Å². The molecule has 0 saturated carbocycles. The van der Waals surface area contributed by atoms with Gasteiger partial charge in [0.2, 0.25) is 5.95 Å². The predicted molar refractivity (Wildman–Crippen MR) is 195 cm³/mol. The maximum Gasteiger partial charge on any atom is 0.238 e. The number of fused-ring (bicyclic) bond motifs is 9. The number of hydrogen-bond acceptors (Lipinski definition) is 3. The molecule has 0 bridgehead atoms. The van der Waals surface area contributed by atoms with Crippen LogP contribution in [-0.2, 0) is 25.7 Å². The number of hydrogen-bond donors (Lipinski definition) is 0. The molecule has 1 unspecified atom stereocenters. The van der Waals surface area contributed by atoms with Crippen molar-refractivity contribution in [3.63, 3.8) is 0 Å². The van der Waals surface area contributed by atoms with Crippen molar-refractivity contribution in [3.05, 3.63) is 144 Å². The summed E-state index contributed by atoms with van der Waals surface area (Å²) < 4.78 is 4.93. The highest BCUT2D eigenvalue weighted by Gasteiger charge is 2.27. The molecule has 0 fully saturated rings. The number of aryl methyl sites for hydroxylation is 4. The Morgan fingerprint density at radius 2 is 1.17 bits per heavy atom. The Hall–Kier alpha value is -5.81. The van der Waals surface area contributed by atoms with Crippen LogP contribution in [0, 0.1) is 0 Å². The van der Waals surface area contributed by atoms with E-state index in [1.165, 1.54) is 60.3 Å². The molecule has 11 rings (SSSR count). The van der Waals surface area contributed by atoms with Crippen molar-refractivity contribution < 1.29 is 0 Å². The molecule has 0 radical (unpaired) electrons. The first-order valence-corrected chi connectivity index (χ1v) is 17.1. The Bertz CT molecular complexity index is 2630. The van der Waals surface area contributed by atoms with Gasteiger partial charge >= 0.3 is 0 Å². The molecule has 0 spiro atoms. The number of aromatic nitrogens is 5. The molecule has 3 aliphatic carbocycles. The fraction of sp³-hybridized carbons (Fsp3) is 0.140. The lowest BCUT2D eigenvalue weighted by Crippen LogP contribution is -2.10. The van der Waals surface area contributed by atoms with Gasteiger partial charge in [-0.25, -0.2) is 4.98 Å². The van der Waals surface area contributed by atoms with Crippen LogP contribution in [0.3, 0.4) is 0 Å². The van der Waals surface area contributed by atoms with Gasteiger partial charge in [0.25, 0.3) is 0 Å². The third kappa shape index (κ3) is 3.70. The van der Waals surface area contributed by atoms with Crippen molar-refractivity contribution in [2.24, 2.45) is 0 Å². The summed E-state index contributed by atoms with van der Waals surface area (Å²) in [6.45, 7) is 0. The van der Waals surface area contributed by atoms with Gasteiger partial charge in [0.15, 0.2) is 11.6 Å². The Morgan fingerprint density at radius 1 is 0.542 bits per heavy atom. The summed E-state index contributed by atoms with van der Waals surface area (Å²) in [7, 11) is 0. The minimum atomic E-state index is 0.259. The smallest absolute Gasteiger partial charge is 0.238 e. The maximum atomic E-state index is 5.28. The van der Waals surface area contributed by atoms with E-state index >= 15 is 0 Å². The molecule has 3 aliphatic rings. The van der Waals surface area contributed by atoms with Gasteiger partial charge in [-0.05, 0) is 84.7 Å². The quantitative estimate of drug-likeness (QED) is 0.198. The van der Waals surface area contributed by atoms with E-state index in [-0.39, 0.29) is 6.04 Å². The van der Waals surface area contributed by atoms with E-state index in [1.54, 1.807) is 0 Å². The van der Waals surface area contributed by atoms with Crippen molar-refractivity contribution in [2.45, 2.75) is 38.1 Å². The van der Waals surface area contributed by atoms with Crippen LogP contribution in [0.15, 0.2) is 121 Å². The van der Waals surface area contributed by atoms with Crippen molar-refractivity contribution >= 4 is 43.6 Å². The Balaban J connectivity index is 1.31. The van der Waals surface area contributed by atoms with Gasteiger partial charge in [0.1, 0.15) is 0 Å². The first-order valence-electron chi connectivity index (χ1n) is 17.1. The van der Waals surface area contributed by atoms with E-state index < -0.39 is 0 Å². The van der Waals surface area contributed by atoms with E-state index in [9.17, 15) is 0 Å². The molecule has 3 aromatic heterocycles. The summed E-state index contributed by atoms with van der Waals surface area (Å²) in [5.74, 6) is 2.00. The SMILES string of the molecule is C1=CCC(n2c3cc4c(cc3c3c5c(ccc32)c2cc3c(cc2n5-c2nc(-c5ccccc5)nc(-c5ccccc5)n2)CC3)CC4)C=C1. The summed E-state index contributed by atoms with van der Waals surface area (Å²) in [6.07, 6.45) is 14.5. The van der Waals surface area contributed by atoms with Crippen LogP contribution in [0.5, 0.6) is 0 Å². The fourth-order valence-corrected chi connectivity index (χ4v) is 8.24. The van der Waals surface area contributed by atoms with Crippen molar-refractivity contribution in [2.75, 3.05) is 0 Å². The second-order valence-corrected chi connectivity index (χ2v) is 13.5. The monoisotopic (exact) mass is 617 g/mol. The average molecular weight is 618 g/mol. The fourth-order valence-electron chi connectivity index (χ4n) is 8.24. The van der Waals surface area contributed by atoms with Crippen LogP contribution in [0.25, 0.3) is 72.3 Å². The lowest BCUT2D eigenvalue weighted by molar-refractivity contribution is 0.647. The number of allylic oxidation sites excluding steroid dienone is 4. The zero-order valence-corrected chi connectivity index (χ0v) is 26.4. The van der Waals surface area contributed by atoms with Crippen LogP contribution in [0.2, 0.25) is 0 Å². The molecule has 5 heteroatoms. The molecular weight excluding hydrogens is 587 g/mol. The number of nitrogens with zero attached hydrogens (tertiary/aromatic N) is 5. The second kappa shape index (κ2) is 9.85. The normalized spacial score (nSPS) is 16.4. The zero-order valence-electron chi connectivity index (χ0n) is 26.4. The van der Waals surface area contributed by atoms with Gasteiger partial charge < -0.3 is 4.57 Å². The third-order valence-corrected chi connectivity index (χ3v) is 10.8. The molecule has 0 saturated heterocycles. The van der Waals surface area contributed by atoms with Gasteiger partial charge in [0.05, 0.1) is 28.1 Å². The topological polar surface area (TPSA) is 48.5 Å². The molecule has 0 amide bonds. The van der Waals surface area contributed by atoms with Gasteiger partial charge in [0, 0.05) is 32.7 Å². The molecule has 8 aromatic rings. The summed E-state index contributed by atoms with van der Waals surface area (Å²) in [4.78, 5) is 15.6. The molecule has 3 heterocycles. The molecule has 1 atom stereocenters. The van der Waals surface area contributed by atoms with E-state index in [0.717, 1.165) is 48.7 Å². The van der Waals surface area contributed by atoms with Gasteiger partial charge in [-0.1, -0.05) is 91.0 Å². The molecule has 228 valence electrons. The van der Waals surface area contributed by atoms with Gasteiger partial charge in [-0.2, -0.15) is 9.97 Å². The molecule has 0 N–H and O–H groups in total. The molecule has 5 nitrogen and oxygen atoms in total. The molecule has 48 heavy (non-hydrogen) atoms. The van der Waals surface area contributed by atoms with E-state index in [1.807, 2.05) is 36.4 Å². The summed E-state index contributed by atoms with van der Waals surface area (Å²) in [5, 5.41) is 5.10. The minimum absolute atomic E-state index is 0.259. The standard InChI is InChI=1S/C43H31N5/c1-4-10-26(11-5-1)41-44-42(27-12-6-2-7-13-27)46-43(45-41)48-37-24-30-18-16-28(30)22-34(37)33-20-21-36-39(40(33)48)35-23-29-17-19-31(29)25-38(35)47(36)32-14-8-3-9-15-32/h1-14,20-25,32H,15-19H2. The number of benzene rings is 5. The lowest BCUT2D eigenvalue weighted by atomic mass is 9.87. The van der Waals surface area contributed by atoms with Crippen LogP contribution >= 0.6 is 0 Å². The van der Waals surface area contributed by atoms with Crippen LogP contribution < -0.4 is 0 Å². The molecular formula is C43H31N5. The Labute approximate surface area is 277 Å².